The Labute approximate surface area is 246 Å². The molecule has 13 heteroatoms. The van der Waals surface area contributed by atoms with Crippen molar-refractivity contribution in [1.82, 2.24) is 0 Å². The summed E-state index contributed by atoms with van der Waals surface area (Å²) in [5.74, 6) is -8.38. The minimum Gasteiger partial charge on any atom is -0.478 e. The van der Waals surface area contributed by atoms with Crippen molar-refractivity contribution < 1.29 is 63.4 Å². The maximum Gasteiger partial charge on any atom is 0.340 e. The van der Waals surface area contributed by atoms with Crippen molar-refractivity contribution in [1.29, 1.82) is 0 Å². The van der Waals surface area contributed by atoms with Gasteiger partial charge in [0.25, 0.3) is 0 Å². The third-order valence-electron chi connectivity index (χ3n) is 6.74. The highest BCUT2D eigenvalue weighted by Gasteiger charge is 2.64. The summed E-state index contributed by atoms with van der Waals surface area (Å²) in [5, 5.41) is 37.6. The quantitative estimate of drug-likeness (QED) is 0.147. The van der Waals surface area contributed by atoms with E-state index < -0.39 is 63.5 Å². The van der Waals surface area contributed by atoms with E-state index in [4.69, 9.17) is 14.2 Å². The molecule has 13 nitrogen and oxygen atoms in total. The van der Waals surface area contributed by atoms with E-state index >= 15 is 0 Å². The lowest BCUT2D eigenvalue weighted by Crippen LogP contribution is -2.57. The highest BCUT2D eigenvalue weighted by molar-refractivity contribution is 6.23. The predicted molar refractivity (Wildman–Crippen MR) is 146 cm³/mol. The number of hydrogen-bond donors (Lipinski definition) is 4. The van der Waals surface area contributed by atoms with Crippen LogP contribution >= 0.6 is 0 Å². The van der Waals surface area contributed by atoms with Crippen molar-refractivity contribution >= 4 is 35.8 Å². The van der Waals surface area contributed by atoms with Gasteiger partial charge < -0.3 is 34.6 Å². The Kier molecular flexibility index (Phi) is 7.29. The van der Waals surface area contributed by atoms with Crippen LogP contribution in [0.5, 0.6) is 23.0 Å². The molecule has 1 heterocycles. The van der Waals surface area contributed by atoms with E-state index in [0.29, 0.717) is 0 Å². The lowest BCUT2D eigenvalue weighted by atomic mass is 9.70. The molecule has 1 aliphatic heterocycles. The molecule has 1 aliphatic rings. The van der Waals surface area contributed by atoms with Crippen LogP contribution in [0, 0.1) is 0 Å². The average molecular weight is 598 g/mol. The number of para-hydroxylation sites is 2. The van der Waals surface area contributed by atoms with Gasteiger partial charge in [0, 0.05) is 11.1 Å². The molecule has 4 aromatic carbocycles. The van der Waals surface area contributed by atoms with E-state index in [1.807, 2.05) is 0 Å². The fourth-order valence-electron chi connectivity index (χ4n) is 4.74. The van der Waals surface area contributed by atoms with Crippen LogP contribution in [0.1, 0.15) is 52.6 Å². The second-order valence-corrected chi connectivity index (χ2v) is 9.26. The van der Waals surface area contributed by atoms with Gasteiger partial charge in [0.05, 0.1) is 22.3 Å². The summed E-state index contributed by atoms with van der Waals surface area (Å²) in [4.78, 5) is 72.8. The van der Waals surface area contributed by atoms with Crippen LogP contribution in [0.15, 0.2) is 84.9 Å². The van der Waals surface area contributed by atoms with Crippen LogP contribution in [-0.4, -0.2) is 56.2 Å². The highest BCUT2D eigenvalue weighted by Crippen LogP contribution is 2.49. The number of aromatic carboxylic acids is 4. The Hall–Kier alpha value is -6.50. The average Bonchev–Trinajstić information content (AvgIpc) is 2.98. The summed E-state index contributed by atoms with van der Waals surface area (Å²) < 4.78 is 16.6. The minimum atomic E-state index is -2.15. The number of carboxylic acids is 4. The minimum absolute atomic E-state index is 0.0241. The summed E-state index contributed by atoms with van der Waals surface area (Å²) in [6.45, 7) is 0. The number of benzene rings is 4. The van der Waals surface area contributed by atoms with E-state index in [2.05, 4.69) is 0 Å². The number of carboxylic acid groups (broad SMARTS) is 4. The Bertz CT molecular complexity index is 1770. The Balaban J connectivity index is 1.62. The number of hydrogen-bond acceptors (Lipinski definition) is 9. The molecule has 0 radical (unpaired) electrons. The van der Waals surface area contributed by atoms with E-state index in [9.17, 15) is 49.2 Å². The maximum absolute atomic E-state index is 13.3. The zero-order chi connectivity index (χ0) is 31.8. The first-order valence-electron chi connectivity index (χ1n) is 12.5. The number of rotatable bonds is 10. The lowest BCUT2D eigenvalue weighted by Gasteiger charge is -2.38. The predicted octanol–water partition coefficient (Wildman–Crippen LogP) is 4.43. The zero-order valence-corrected chi connectivity index (χ0v) is 22.0. The molecule has 0 bridgehead atoms. The smallest absolute Gasteiger partial charge is 0.340 e. The largest absolute Gasteiger partial charge is 0.478 e. The van der Waals surface area contributed by atoms with Gasteiger partial charge >= 0.3 is 35.8 Å². The number of carbonyl (C=O) groups excluding carboxylic acids is 2. The second-order valence-electron chi connectivity index (χ2n) is 9.26. The molecule has 44 heavy (non-hydrogen) atoms. The van der Waals surface area contributed by atoms with Crippen molar-refractivity contribution in [2.75, 3.05) is 0 Å². The van der Waals surface area contributed by atoms with Gasteiger partial charge in [-0.3, -0.25) is 0 Å². The van der Waals surface area contributed by atoms with Crippen LogP contribution in [-0.2, 0) is 19.7 Å². The molecule has 4 aromatic rings. The fraction of sp³-hybridized carbons (Fsp3) is 0.0323. The third-order valence-corrected chi connectivity index (χ3v) is 6.74. The normalized spacial score (nSPS) is 13.3. The van der Waals surface area contributed by atoms with Gasteiger partial charge in [0.1, 0.15) is 23.0 Å². The Morgan fingerprint density at radius 2 is 0.886 bits per heavy atom. The maximum atomic E-state index is 13.3. The van der Waals surface area contributed by atoms with Crippen LogP contribution in [0.25, 0.3) is 0 Å². The number of cyclic esters (lactones) is 2. The fourth-order valence-corrected chi connectivity index (χ4v) is 4.74. The van der Waals surface area contributed by atoms with Crippen LogP contribution in [0.3, 0.4) is 0 Å². The van der Waals surface area contributed by atoms with Crippen LogP contribution in [0.2, 0.25) is 0 Å². The van der Waals surface area contributed by atoms with Gasteiger partial charge in [-0.2, -0.15) is 0 Å². The molecule has 1 saturated heterocycles. The monoisotopic (exact) mass is 598 g/mol. The molecule has 0 spiro atoms. The second kappa shape index (κ2) is 11.1. The molecule has 0 saturated carbocycles. The van der Waals surface area contributed by atoms with Crippen molar-refractivity contribution in [3.05, 3.63) is 118 Å². The van der Waals surface area contributed by atoms with Gasteiger partial charge in [0.15, 0.2) is 0 Å². The Morgan fingerprint density at radius 1 is 0.523 bits per heavy atom. The summed E-state index contributed by atoms with van der Waals surface area (Å²) in [7, 11) is 0. The van der Waals surface area contributed by atoms with Crippen molar-refractivity contribution in [2.24, 2.45) is 0 Å². The lowest BCUT2D eigenvalue weighted by molar-refractivity contribution is -0.185. The van der Waals surface area contributed by atoms with Gasteiger partial charge in [-0.1, -0.05) is 36.4 Å². The first kappa shape index (κ1) is 29.0. The van der Waals surface area contributed by atoms with E-state index in [0.717, 1.165) is 24.3 Å². The van der Waals surface area contributed by atoms with Gasteiger partial charge in [-0.25, -0.2) is 28.8 Å². The van der Waals surface area contributed by atoms with Gasteiger partial charge in [-0.15, -0.1) is 0 Å². The first-order chi connectivity index (χ1) is 20.9. The molecule has 1 fully saturated rings. The van der Waals surface area contributed by atoms with Gasteiger partial charge in [-0.05, 0) is 48.5 Å². The summed E-state index contributed by atoms with van der Waals surface area (Å²) in [5.41, 5.74) is -4.29. The molecule has 0 unspecified atom stereocenters. The summed E-state index contributed by atoms with van der Waals surface area (Å²) in [6.07, 6.45) is 0. The Morgan fingerprint density at radius 3 is 1.23 bits per heavy atom. The standard InChI is InChI=1S/C31H18O13/c32-25(33)17-11-9-15(13-19(17)27(36)37)42-23-7-3-1-5-21(23)31(29(40)44-30(31)41)22-6-2-4-8-24(22)43-16-10-12-18(26(34)35)20(14-16)28(38)39/h1-14H,(H,32,33)(H,34,35)(H,36,37)(H,38,39). The number of ether oxygens (including phenoxy) is 3. The molecule has 4 N–H and O–H groups in total. The zero-order valence-electron chi connectivity index (χ0n) is 22.0. The highest BCUT2D eigenvalue weighted by atomic mass is 16.6. The molecule has 0 aliphatic carbocycles. The van der Waals surface area contributed by atoms with Crippen molar-refractivity contribution in [2.45, 2.75) is 5.41 Å². The number of esters is 2. The molecule has 5 rings (SSSR count). The molecule has 220 valence electrons. The van der Waals surface area contributed by atoms with Crippen LogP contribution < -0.4 is 9.47 Å². The SMILES string of the molecule is O=C(O)c1ccc(Oc2ccccc2C2(c3ccccc3Oc3ccc(C(=O)O)c(C(=O)O)c3)C(=O)OC2=O)cc1C(=O)O. The topological polar surface area (TPSA) is 211 Å². The van der Waals surface area contributed by atoms with E-state index in [1.54, 1.807) is 0 Å². The van der Waals surface area contributed by atoms with Gasteiger partial charge in [0.2, 0.25) is 5.41 Å². The van der Waals surface area contributed by atoms with E-state index in [1.165, 1.54) is 60.7 Å². The van der Waals surface area contributed by atoms with Crippen LogP contribution in [0.4, 0.5) is 0 Å². The molecule has 0 aromatic heterocycles. The summed E-state index contributed by atoms with van der Waals surface area (Å²) in [6, 6.07) is 18.1. The summed E-state index contributed by atoms with van der Waals surface area (Å²) >= 11 is 0. The first-order valence-corrected chi connectivity index (χ1v) is 12.5. The molecule has 0 atom stereocenters. The molecular weight excluding hydrogens is 580 g/mol. The van der Waals surface area contributed by atoms with Crippen molar-refractivity contribution in [3.8, 4) is 23.0 Å². The number of carbonyl (C=O) groups is 6. The molecular formula is C31H18O13. The van der Waals surface area contributed by atoms with Crippen molar-refractivity contribution in [3.63, 3.8) is 0 Å². The third kappa shape index (κ3) is 4.83. The molecule has 0 amide bonds. The van der Waals surface area contributed by atoms with E-state index in [-0.39, 0.29) is 34.1 Å².